The number of alkyl halides is 3. The van der Waals surface area contributed by atoms with Crippen molar-refractivity contribution in [3.63, 3.8) is 0 Å². The molecule has 0 atom stereocenters. The maximum absolute atomic E-state index is 13.6. The van der Waals surface area contributed by atoms with Gasteiger partial charge in [-0.15, -0.1) is 0 Å². The van der Waals surface area contributed by atoms with E-state index in [-0.39, 0.29) is 12.4 Å². The van der Waals surface area contributed by atoms with Gasteiger partial charge in [-0.1, -0.05) is 24.8 Å². The summed E-state index contributed by atoms with van der Waals surface area (Å²) < 4.78 is 45.8. The number of ether oxygens (including phenoxy) is 1. The van der Waals surface area contributed by atoms with Crippen molar-refractivity contribution in [2.24, 2.45) is 0 Å². The molecule has 36 heavy (non-hydrogen) atoms. The second kappa shape index (κ2) is 10.9. The van der Waals surface area contributed by atoms with Crippen molar-refractivity contribution in [2.45, 2.75) is 12.7 Å². The zero-order valence-corrected chi connectivity index (χ0v) is 19.7. The normalized spacial score (nSPS) is 14.5. The van der Waals surface area contributed by atoms with Crippen LogP contribution in [-0.4, -0.2) is 48.8 Å². The topological polar surface area (TPSA) is 53.0 Å². The maximum Gasteiger partial charge on any atom is 0.416 e. The minimum Gasteiger partial charge on any atom is -0.508 e. The Kier molecular flexibility index (Phi) is 7.64. The number of benzene rings is 3. The summed E-state index contributed by atoms with van der Waals surface area (Å²) >= 11 is 0. The molecule has 3 aromatic rings. The van der Waals surface area contributed by atoms with Gasteiger partial charge in [0.05, 0.1) is 11.1 Å². The van der Waals surface area contributed by atoms with Crippen LogP contribution in [0.3, 0.4) is 0 Å². The van der Waals surface area contributed by atoms with Gasteiger partial charge in [-0.3, -0.25) is 4.90 Å². The lowest BCUT2D eigenvalue weighted by Crippen LogP contribution is -2.46. The summed E-state index contributed by atoms with van der Waals surface area (Å²) in [6.07, 6.45) is -2.96. The predicted octanol–water partition coefficient (Wildman–Crippen LogP) is 5.74. The molecule has 1 aliphatic rings. The molecule has 1 N–H and O–H groups in total. The summed E-state index contributed by atoms with van der Waals surface area (Å²) in [6.45, 7) is 6.84. The fourth-order valence-corrected chi connectivity index (χ4v) is 4.25. The van der Waals surface area contributed by atoms with Gasteiger partial charge in [-0.25, -0.2) is 4.79 Å². The van der Waals surface area contributed by atoms with Crippen LogP contribution in [0, 0.1) is 0 Å². The van der Waals surface area contributed by atoms with Gasteiger partial charge in [0.15, 0.2) is 0 Å². The summed E-state index contributed by atoms with van der Waals surface area (Å²) in [7, 11) is 0. The zero-order valence-electron chi connectivity index (χ0n) is 19.7. The first-order valence-electron chi connectivity index (χ1n) is 11.6. The number of hydrogen-bond acceptors (Lipinski definition) is 5. The third-order valence-corrected chi connectivity index (χ3v) is 6.08. The maximum atomic E-state index is 13.6. The van der Waals surface area contributed by atoms with E-state index in [0.717, 1.165) is 11.8 Å². The Labute approximate surface area is 208 Å². The predicted molar refractivity (Wildman–Crippen MR) is 133 cm³/mol. The van der Waals surface area contributed by atoms with Crippen LogP contribution in [0.2, 0.25) is 0 Å². The molecule has 0 bridgehead atoms. The van der Waals surface area contributed by atoms with E-state index >= 15 is 0 Å². The van der Waals surface area contributed by atoms with Gasteiger partial charge >= 0.3 is 12.1 Å². The van der Waals surface area contributed by atoms with Gasteiger partial charge in [-0.2, -0.15) is 13.2 Å². The van der Waals surface area contributed by atoms with Gasteiger partial charge in [0.1, 0.15) is 12.4 Å². The first-order chi connectivity index (χ1) is 17.2. The molecule has 188 valence electrons. The molecule has 1 heterocycles. The molecule has 5 nitrogen and oxygen atoms in total. The van der Waals surface area contributed by atoms with Crippen LogP contribution in [-0.2, 0) is 17.5 Å². The van der Waals surface area contributed by atoms with Crippen LogP contribution in [0.5, 0.6) is 5.75 Å². The molecule has 1 fully saturated rings. The standard InChI is InChI=1S/C28H27F3N2O3/c1-2-14-36-27(35)21-6-8-25(9-7-21)33-12-10-32(11-13-33)19-20-15-23(17-24(16-20)28(29,30)31)22-4-3-5-26(34)18-22/h2-9,15-18,34H,1,10-14,19H2. The van der Waals surface area contributed by atoms with Gasteiger partial charge in [0.25, 0.3) is 0 Å². The molecule has 0 radical (unpaired) electrons. The molecule has 3 aromatic carbocycles. The van der Waals surface area contributed by atoms with Gasteiger partial charge in [0, 0.05) is 38.4 Å². The fraction of sp³-hybridized carbons (Fsp3) is 0.250. The second-order valence-corrected chi connectivity index (χ2v) is 8.66. The van der Waals surface area contributed by atoms with Crippen molar-refractivity contribution < 1.29 is 27.8 Å². The van der Waals surface area contributed by atoms with Crippen molar-refractivity contribution in [3.8, 4) is 16.9 Å². The molecule has 8 heteroatoms. The number of nitrogens with zero attached hydrogens (tertiary/aromatic N) is 2. The fourth-order valence-electron chi connectivity index (χ4n) is 4.25. The van der Waals surface area contributed by atoms with E-state index < -0.39 is 17.7 Å². The number of piperazine rings is 1. The van der Waals surface area contributed by atoms with Crippen LogP contribution < -0.4 is 4.90 Å². The smallest absolute Gasteiger partial charge is 0.416 e. The molecule has 0 aliphatic carbocycles. The van der Waals surface area contributed by atoms with Crippen molar-refractivity contribution in [3.05, 3.63) is 96.1 Å². The van der Waals surface area contributed by atoms with Crippen LogP contribution in [0.25, 0.3) is 11.1 Å². The highest BCUT2D eigenvalue weighted by Crippen LogP contribution is 2.34. The molecule has 0 saturated carbocycles. The quantitative estimate of drug-likeness (QED) is 0.334. The number of hydrogen-bond donors (Lipinski definition) is 1. The number of halogens is 3. The van der Waals surface area contributed by atoms with Crippen LogP contribution >= 0.6 is 0 Å². The number of carbonyl (C=O) groups excluding carboxylic acids is 1. The Morgan fingerprint density at radius 1 is 0.972 bits per heavy atom. The number of anilines is 1. The summed E-state index contributed by atoms with van der Waals surface area (Å²) in [5, 5.41) is 9.77. The number of esters is 1. The van der Waals surface area contributed by atoms with Crippen LogP contribution in [0.15, 0.2) is 79.4 Å². The average molecular weight is 497 g/mol. The lowest BCUT2D eigenvalue weighted by atomic mass is 9.99. The largest absolute Gasteiger partial charge is 0.508 e. The first-order valence-corrected chi connectivity index (χ1v) is 11.6. The van der Waals surface area contributed by atoms with Crippen molar-refractivity contribution in [2.75, 3.05) is 37.7 Å². The Bertz CT molecular complexity index is 1220. The van der Waals surface area contributed by atoms with E-state index in [2.05, 4.69) is 16.4 Å². The van der Waals surface area contributed by atoms with Crippen molar-refractivity contribution >= 4 is 11.7 Å². The summed E-state index contributed by atoms with van der Waals surface area (Å²) in [5.41, 5.74) is 2.25. The Morgan fingerprint density at radius 2 is 1.69 bits per heavy atom. The second-order valence-electron chi connectivity index (χ2n) is 8.66. The summed E-state index contributed by atoms with van der Waals surface area (Å²) in [5.74, 6) is -0.401. The molecule has 0 unspecified atom stereocenters. The van der Waals surface area contributed by atoms with E-state index in [1.54, 1.807) is 30.3 Å². The summed E-state index contributed by atoms with van der Waals surface area (Å²) in [6, 6.07) is 17.5. The van der Waals surface area contributed by atoms with E-state index in [1.807, 2.05) is 12.1 Å². The van der Waals surface area contributed by atoms with E-state index in [0.29, 0.717) is 55.0 Å². The number of phenolic OH excluding ortho intramolecular Hbond substituents is 1. The van der Waals surface area contributed by atoms with Gasteiger partial charge in [0.2, 0.25) is 0 Å². The average Bonchev–Trinajstić information content (AvgIpc) is 2.87. The Morgan fingerprint density at radius 3 is 2.33 bits per heavy atom. The zero-order chi connectivity index (χ0) is 25.7. The lowest BCUT2D eigenvalue weighted by Gasteiger charge is -2.36. The van der Waals surface area contributed by atoms with E-state index in [4.69, 9.17) is 4.74 Å². The number of phenols is 1. The Hall–Kier alpha value is -3.78. The monoisotopic (exact) mass is 496 g/mol. The number of rotatable bonds is 7. The minimum absolute atomic E-state index is 0.00396. The van der Waals surface area contributed by atoms with Crippen LogP contribution in [0.1, 0.15) is 21.5 Å². The van der Waals surface area contributed by atoms with Crippen molar-refractivity contribution in [1.29, 1.82) is 0 Å². The third-order valence-electron chi connectivity index (χ3n) is 6.08. The highest BCUT2D eigenvalue weighted by Gasteiger charge is 2.31. The van der Waals surface area contributed by atoms with E-state index in [1.165, 1.54) is 24.3 Å². The number of aromatic hydroxyl groups is 1. The molecule has 1 saturated heterocycles. The third kappa shape index (κ3) is 6.26. The number of carbonyl (C=O) groups is 1. The molecule has 0 aromatic heterocycles. The lowest BCUT2D eigenvalue weighted by molar-refractivity contribution is -0.137. The van der Waals surface area contributed by atoms with Gasteiger partial charge < -0.3 is 14.7 Å². The molecule has 0 amide bonds. The van der Waals surface area contributed by atoms with E-state index in [9.17, 15) is 23.1 Å². The molecular formula is C28H27F3N2O3. The minimum atomic E-state index is -4.47. The van der Waals surface area contributed by atoms with Crippen LogP contribution in [0.4, 0.5) is 18.9 Å². The first kappa shape index (κ1) is 25.3. The Balaban J connectivity index is 1.43. The molecular weight excluding hydrogens is 469 g/mol. The molecule has 1 aliphatic heterocycles. The van der Waals surface area contributed by atoms with Crippen molar-refractivity contribution in [1.82, 2.24) is 4.90 Å². The molecule has 0 spiro atoms. The molecule has 4 rings (SSSR count). The van der Waals surface area contributed by atoms with Gasteiger partial charge in [-0.05, 0) is 71.3 Å². The summed E-state index contributed by atoms with van der Waals surface area (Å²) in [4.78, 5) is 16.3. The highest BCUT2D eigenvalue weighted by molar-refractivity contribution is 5.89. The highest BCUT2D eigenvalue weighted by atomic mass is 19.4. The SMILES string of the molecule is C=CCOC(=O)c1ccc(N2CCN(Cc3cc(-c4cccc(O)c4)cc(C(F)(F)F)c3)CC2)cc1.